The summed E-state index contributed by atoms with van der Waals surface area (Å²) < 4.78 is 0. The minimum atomic E-state index is 0.285. The molecular weight excluding hydrogens is 234 g/mol. The summed E-state index contributed by atoms with van der Waals surface area (Å²) in [7, 11) is 0. The Morgan fingerprint density at radius 3 is 2.65 bits per heavy atom. The Morgan fingerprint density at radius 2 is 2.00 bits per heavy atom. The van der Waals surface area contributed by atoms with Gasteiger partial charge in [-0.05, 0) is 68.8 Å². The zero-order valence-corrected chi connectivity index (χ0v) is 11.3. The molecule has 1 saturated heterocycles. The highest BCUT2D eigenvalue weighted by molar-refractivity contribution is 6.33. The van der Waals surface area contributed by atoms with Gasteiger partial charge in [-0.2, -0.15) is 0 Å². The van der Waals surface area contributed by atoms with Gasteiger partial charge >= 0.3 is 0 Å². The lowest BCUT2D eigenvalue weighted by Crippen LogP contribution is -2.28. The van der Waals surface area contributed by atoms with E-state index in [1.165, 1.54) is 12.8 Å². The monoisotopic (exact) mass is 253 g/mol. The Bertz CT molecular complexity index is 411. The normalized spacial score (nSPS) is 17.4. The standard InChI is InChI=1S/C14H20ClNO/c1-9-7-12(14(17)13(15)10(9)2)8-11-3-5-16-6-4-11/h7,11,16-17H,3-6,8H2,1-2H3. The topological polar surface area (TPSA) is 32.3 Å². The maximum absolute atomic E-state index is 10.1. The highest BCUT2D eigenvalue weighted by Gasteiger charge is 2.18. The molecule has 1 aliphatic heterocycles. The number of benzene rings is 1. The number of hydrogen-bond acceptors (Lipinski definition) is 2. The first-order valence-corrected chi connectivity index (χ1v) is 6.65. The summed E-state index contributed by atoms with van der Waals surface area (Å²) in [6, 6.07) is 2.08. The van der Waals surface area contributed by atoms with E-state index in [-0.39, 0.29) is 5.75 Å². The summed E-state index contributed by atoms with van der Waals surface area (Å²) in [5, 5.41) is 14.0. The first kappa shape index (κ1) is 12.7. The Kier molecular flexibility index (Phi) is 3.95. The molecule has 2 nitrogen and oxygen atoms in total. The van der Waals surface area contributed by atoms with Crippen LogP contribution in [0, 0.1) is 19.8 Å². The van der Waals surface area contributed by atoms with Crippen LogP contribution in [0.25, 0.3) is 0 Å². The van der Waals surface area contributed by atoms with E-state index in [0.717, 1.165) is 36.2 Å². The van der Waals surface area contributed by atoms with Gasteiger partial charge in [-0.1, -0.05) is 17.7 Å². The Balaban J connectivity index is 2.20. The van der Waals surface area contributed by atoms with E-state index in [1.54, 1.807) is 0 Å². The SMILES string of the molecule is Cc1cc(CC2CCNCC2)c(O)c(Cl)c1C. The quantitative estimate of drug-likeness (QED) is 0.848. The largest absolute Gasteiger partial charge is 0.506 e. The summed E-state index contributed by atoms with van der Waals surface area (Å²) in [4.78, 5) is 0. The average molecular weight is 254 g/mol. The minimum absolute atomic E-state index is 0.285. The van der Waals surface area contributed by atoms with Gasteiger partial charge in [0.15, 0.2) is 0 Å². The minimum Gasteiger partial charge on any atom is -0.506 e. The number of rotatable bonds is 2. The summed E-state index contributed by atoms with van der Waals surface area (Å²) in [6.07, 6.45) is 3.31. The first-order chi connectivity index (χ1) is 8.09. The lowest BCUT2D eigenvalue weighted by atomic mass is 9.89. The zero-order valence-electron chi connectivity index (χ0n) is 10.5. The van der Waals surface area contributed by atoms with Crippen molar-refractivity contribution >= 4 is 11.6 Å². The van der Waals surface area contributed by atoms with Gasteiger partial charge < -0.3 is 10.4 Å². The molecule has 1 fully saturated rings. The average Bonchev–Trinajstić information content (AvgIpc) is 2.35. The van der Waals surface area contributed by atoms with Crippen molar-refractivity contribution in [1.82, 2.24) is 5.32 Å². The third-order valence-corrected chi connectivity index (χ3v) is 4.25. The van der Waals surface area contributed by atoms with E-state index < -0.39 is 0 Å². The Hall–Kier alpha value is -0.730. The maximum atomic E-state index is 10.1. The van der Waals surface area contributed by atoms with E-state index in [1.807, 2.05) is 13.8 Å². The smallest absolute Gasteiger partial charge is 0.137 e. The fraction of sp³-hybridized carbons (Fsp3) is 0.571. The summed E-state index contributed by atoms with van der Waals surface area (Å²) in [5.41, 5.74) is 3.15. The number of phenolic OH excluding ortho intramolecular Hbond substituents is 1. The molecule has 0 atom stereocenters. The van der Waals surface area contributed by atoms with Gasteiger partial charge in [0.05, 0.1) is 5.02 Å². The predicted octanol–water partition coefficient (Wildman–Crippen LogP) is 3.20. The van der Waals surface area contributed by atoms with Crippen molar-refractivity contribution in [1.29, 1.82) is 0 Å². The number of aryl methyl sites for hydroxylation is 1. The highest BCUT2D eigenvalue weighted by atomic mass is 35.5. The van der Waals surface area contributed by atoms with Crippen LogP contribution in [0.15, 0.2) is 6.07 Å². The van der Waals surface area contributed by atoms with Crippen LogP contribution in [0.2, 0.25) is 5.02 Å². The molecule has 1 aromatic rings. The van der Waals surface area contributed by atoms with Gasteiger partial charge in [-0.3, -0.25) is 0 Å². The molecule has 0 saturated carbocycles. The van der Waals surface area contributed by atoms with E-state index >= 15 is 0 Å². The Morgan fingerprint density at radius 1 is 1.35 bits per heavy atom. The van der Waals surface area contributed by atoms with Crippen LogP contribution in [-0.4, -0.2) is 18.2 Å². The summed E-state index contributed by atoms with van der Waals surface area (Å²) in [6.45, 7) is 6.17. The molecule has 0 aromatic heterocycles. The van der Waals surface area contributed by atoms with E-state index in [0.29, 0.717) is 10.9 Å². The van der Waals surface area contributed by atoms with E-state index in [2.05, 4.69) is 11.4 Å². The van der Waals surface area contributed by atoms with Crippen LogP contribution in [0.4, 0.5) is 0 Å². The number of aromatic hydroxyl groups is 1. The predicted molar refractivity (Wildman–Crippen MR) is 71.9 cm³/mol. The molecule has 3 heteroatoms. The number of hydrogen-bond donors (Lipinski definition) is 2. The fourth-order valence-corrected chi connectivity index (χ4v) is 2.75. The van der Waals surface area contributed by atoms with Gasteiger partial charge in [-0.25, -0.2) is 0 Å². The molecule has 1 aromatic carbocycles. The second-order valence-corrected chi connectivity index (χ2v) is 5.42. The summed E-state index contributed by atoms with van der Waals surface area (Å²) in [5.74, 6) is 0.952. The van der Waals surface area contributed by atoms with E-state index in [9.17, 15) is 5.11 Å². The van der Waals surface area contributed by atoms with Gasteiger partial charge in [0, 0.05) is 0 Å². The van der Waals surface area contributed by atoms with Crippen molar-refractivity contribution in [3.05, 3.63) is 27.8 Å². The van der Waals surface area contributed by atoms with Crippen LogP contribution in [0.5, 0.6) is 5.75 Å². The van der Waals surface area contributed by atoms with Crippen molar-refractivity contribution in [3.63, 3.8) is 0 Å². The highest BCUT2D eigenvalue weighted by Crippen LogP contribution is 2.35. The zero-order chi connectivity index (χ0) is 12.4. The van der Waals surface area contributed by atoms with E-state index in [4.69, 9.17) is 11.6 Å². The van der Waals surface area contributed by atoms with Crippen LogP contribution in [0.1, 0.15) is 29.5 Å². The molecular formula is C14H20ClNO. The molecule has 2 rings (SSSR count). The molecule has 0 aliphatic carbocycles. The molecule has 0 spiro atoms. The van der Waals surface area contributed by atoms with Crippen molar-refractivity contribution in [2.75, 3.05) is 13.1 Å². The van der Waals surface area contributed by atoms with Crippen LogP contribution in [0.3, 0.4) is 0 Å². The van der Waals surface area contributed by atoms with Crippen molar-refractivity contribution in [2.24, 2.45) is 5.92 Å². The van der Waals surface area contributed by atoms with Gasteiger partial charge in [0.25, 0.3) is 0 Å². The number of halogens is 1. The van der Waals surface area contributed by atoms with Crippen molar-refractivity contribution in [2.45, 2.75) is 33.1 Å². The number of phenols is 1. The molecule has 94 valence electrons. The lowest BCUT2D eigenvalue weighted by Gasteiger charge is -2.23. The number of nitrogens with one attached hydrogen (secondary N) is 1. The molecule has 2 N–H and O–H groups in total. The molecule has 17 heavy (non-hydrogen) atoms. The molecule has 0 unspecified atom stereocenters. The fourth-order valence-electron chi connectivity index (χ4n) is 2.48. The lowest BCUT2D eigenvalue weighted by molar-refractivity contribution is 0.366. The van der Waals surface area contributed by atoms with Gasteiger partial charge in [-0.15, -0.1) is 0 Å². The van der Waals surface area contributed by atoms with Crippen molar-refractivity contribution < 1.29 is 5.11 Å². The molecule has 0 bridgehead atoms. The van der Waals surface area contributed by atoms with Crippen molar-refractivity contribution in [3.8, 4) is 5.75 Å². The van der Waals surface area contributed by atoms with Crippen LogP contribution >= 0.6 is 11.6 Å². The van der Waals surface area contributed by atoms with Gasteiger partial charge in [0.1, 0.15) is 5.75 Å². The molecule has 0 amide bonds. The van der Waals surface area contributed by atoms with Crippen LogP contribution in [-0.2, 0) is 6.42 Å². The maximum Gasteiger partial charge on any atom is 0.137 e. The number of piperidine rings is 1. The molecule has 1 heterocycles. The second-order valence-electron chi connectivity index (χ2n) is 5.04. The Labute approximate surface area is 108 Å². The summed E-state index contributed by atoms with van der Waals surface area (Å²) >= 11 is 6.14. The third-order valence-electron chi connectivity index (χ3n) is 3.79. The molecule has 0 radical (unpaired) electrons. The molecule has 1 aliphatic rings. The first-order valence-electron chi connectivity index (χ1n) is 6.28. The van der Waals surface area contributed by atoms with Crippen LogP contribution < -0.4 is 5.32 Å². The van der Waals surface area contributed by atoms with Gasteiger partial charge in [0.2, 0.25) is 0 Å². The third kappa shape index (κ3) is 2.75. The second kappa shape index (κ2) is 5.28.